The second-order valence-corrected chi connectivity index (χ2v) is 1.89. The number of hydrogen-bond donors (Lipinski definition) is 2. The molecule has 0 aliphatic rings. The lowest BCUT2D eigenvalue weighted by Crippen LogP contribution is -2.24. The molecule has 0 rings (SSSR count). The fourth-order valence-corrected chi connectivity index (χ4v) is 0.666. The molecule has 0 bridgehead atoms. The van der Waals surface area contributed by atoms with Crippen molar-refractivity contribution in [2.45, 2.75) is 6.92 Å². The molecule has 0 aromatic carbocycles. The molecule has 0 aromatic rings. The quantitative estimate of drug-likeness (QED) is 0.281. The van der Waals surface area contributed by atoms with Crippen molar-refractivity contribution in [3.8, 4) is 0 Å². The van der Waals surface area contributed by atoms with Crippen molar-refractivity contribution in [1.82, 2.24) is 5.43 Å². The molecule has 0 radical (unpaired) electrons. The van der Waals surface area contributed by atoms with Crippen LogP contribution in [0.15, 0.2) is 36.2 Å². The zero-order valence-electron chi connectivity index (χ0n) is 6.78. The Hall–Kier alpha value is -1.62. The summed E-state index contributed by atoms with van der Waals surface area (Å²) in [4.78, 5) is 9.87. The third-order valence-electron chi connectivity index (χ3n) is 1.19. The van der Waals surface area contributed by atoms with Crippen LogP contribution >= 0.6 is 0 Å². The Morgan fingerprint density at radius 2 is 2.33 bits per heavy atom. The molecule has 0 saturated heterocycles. The van der Waals surface area contributed by atoms with Crippen LogP contribution in [0.5, 0.6) is 0 Å². The van der Waals surface area contributed by atoms with E-state index in [9.17, 15) is 10.1 Å². The van der Waals surface area contributed by atoms with Crippen LogP contribution in [0.25, 0.3) is 0 Å². The van der Waals surface area contributed by atoms with Crippen molar-refractivity contribution in [3.05, 3.63) is 46.3 Å². The van der Waals surface area contributed by atoms with Gasteiger partial charge in [0.1, 0.15) is 5.70 Å². The summed E-state index contributed by atoms with van der Waals surface area (Å²) in [6.07, 6.45) is 4.12. The minimum Gasteiger partial charge on any atom is -0.319 e. The molecule has 0 heterocycles. The molecule has 0 aromatic heterocycles. The van der Waals surface area contributed by atoms with Crippen LogP contribution in [-0.4, -0.2) is 4.92 Å². The van der Waals surface area contributed by atoms with Gasteiger partial charge in [0.05, 0.1) is 4.92 Å². The van der Waals surface area contributed by atoms with Gasteiger partial charge in [-0.25, -0.2) is 0 Å². The highest BCUT2D eigenvalue weighted by Crippen LogP contribution is 2.05. The first-order valence-corrected chi connectivity index (χ1v) is 3.27. The van der Waals surface area contributed by atoms with E-state index >= 15 is 0 Å². The first-order chi connectivity index (χ1) is 5.67. The number of nitrogens with zero attached hydrogens (tertiary/aromatic N) is 1. The van der Waals surface area contributed by atoms with Crippen molar-refractivity contribution >= 4 is 0 Å². The molecule has 0 fully saturated rings. The Bertz CT molecular complexity index is 243. The van der Waals surface area contributed by atoms with Gasteiger partial charge in [0.15, 0.2) is 0 Å². The molecule has 66 valence electrons. The number of nitrogens with one attached hydrogen (secondary N) is 1. The van der Waals surface area contributed by atoms with E-state index in [4.69, 9.17) is 5.84 Å². The second kappa shape index (κ2) is 5.09. The lowest BCUT2D eigenvalue weighted by molar-refractivity contribution is -0.421. The van der Waals surface area contributed by atoms with Gasteiger partial charge in [-0.3, -0.25) is 16.0 Å². The fourth-order valence-electron chi connectivity index (χ4n) is 0.666. The minimum absolute atomic E-state index is 0.102. The van der Waals surface area contributed by atoms with E-state index in [0.29, 0.717) is 0 Å². The van der Waals surface area contributed by atoms with Crippen LogP contribution in [-0.2, 0) is 0 Å². The van der Waals surface area contributed by atoms with Gasteiger partial charge in [0.2, 0.25) is 0 Å². The second-order valence-electron chi connectivity index (χ2n) is 1.89. The highest BCUT2D eigenvalue weighted by molar-refractivity contribution is 5.25. The highest BCUT2D eigenvalue weighted by Gasteiger charge is 2.13. The molecule has 0 spiro atoms. The van der Waals surface area contributed by atoms with E-state index < -0.39 is 4.92 Å². The van der Waals surface area contributed by atoms with Gasteiger partial charge in [0, 0.05) is 6.08 Å². The summed E-state index contributed by atoms with van der Waals surface area (Å²) in [5.41, 5.74) is 2.38. The Labute approximate surface area is 70.4 Å². The zero-order chi connectivity index (χ0) is 9.56. The molecule has 0 unspecified atom stereocenters. The maximum Gasteiger partial charge on any atom is 0.293 e. The van der Waals surface area contributed by atoms with Gasteiger partial charge in [-0.05, 0) is 6.92 Å². The van der Waals surface area contributed by atoms with Crippen molar-refractivity contribution < 1.29 is 4.92 Å². The van der Waals surface area contributed by atoms with Crippen molar-refractivity contribution in [3.63, 3.8) is 0 Å². The molecule has 0 saturated carbocycles. The molecule has 0 aliphatic carbocycles. The predicted octanol–water partition coefficient (Wildman–Crippen LogP) is 0.700. The number of nitro groups is 1. The van der Waals surface area contributed by atoms with Crippen LogP contribution in [0, 0.1) is 10.1 Å². The lowest BCUT2D eigenvalue weighted by Gasteiger charge is -2.01. The largest absolute Gasteiger partial charge is 0.319 e. The summed E-state index contributed by atoms with van der Waals surface area (Å²) >= 11 is 0. The van der Waals surface area contributed by atoms with Crippen LogP contribution in [0.4, 0.5) is 0 Å². The van der Waals surface area contributed by atoms with Crippen molar-refractivity contribution in [2.24, 2.45) is 5.84 Å². The maximum atomic E-state index is 10.4. The van der Waals surface area contributed by atoms with Gasteiger partial charge in [-0.2, -0.15) is 0 Å². The van der Waals surface area contributed by atoms with Gasteiger partial charge in [-0.15, -0.1) is 0 Å². The normalized spacial score (nSPS) is 12.5. The van der Waals surface area contributed by atoms with Crippen molar-refractivity contribution in [1.29, 1.82) is 0 Å². The number of rotatable bonds is 4. The van der Waals surface area contributed by atoms with Crippen LogP contribution in [0.1, 0.15) is 6.92 Å². The third kappa shape index (κ3) is 2.55. The topological polar surface area (TPSA) is 81.2 Å². The first-order valence-electron chi connectivity index (χ1n) is 3.27. The standard InChI is InChI=1S/C7H11N3O2/c1-3-5-7(10(11)12)6(4-2)9-8/h3-5,9H,1,8H2,2H3/b6-4+,7-5+. The molecular formula is C7H11N3O2. The molecule has 12 heavy (non-hydrogen) atoms. The monoisotopic (exact) mass is 169 g/mol. The van der Waals surface area contributed by atoms with E-state index in [1.54, 1.807) is 6.92 Å². The smallest absolute Gasteiger partial charge is 0.293 e. The molecular weight excluding hydrogens is 158 g/mol. The Morgan fingerprint density at radius 1 is 1.75 bits per heavy atom. The Morgan fingerprint density at radius 3 is 2.58 bits per heavy atom. The summed E-state index contributed by atoms with van der Waals surface area (Å²) in [5, 5.41) is 10.4. The van der Waals surface area contributed by atoms with E-state index in [1.165, 1.54) is 18.2 Å². The highest BCUT2D eigenvalue weighted by atomic mass is 16.6. The maximum absolute atomic E-state index is 10.4. The van der Waals surface area contributed by atoms with E-state index in [2.05, 4.69) is 12.0 Å². The van der Waals surface area contributed by atoms with Gasteiger partial charge < -0.3 is 5.43 Å². The molecule has 0 amide bonds. The van der Waals surface area contributed by atoms with Gasteiger partial charge in [0.25, 0.3) is 5.70 Å². The zero-order valence-corrected chi connectivity index (χ0v) is 6.78. The summed E-state index contributed by atoms with van der Waals surface area (Å²) < 4.78 is 0. The minimum atomic E-state index is -0.531. The number of allylic oxidation sites excluding steroid dienone is 3. The average Bonchev–Trinajstić information content (AvgIpc) is 2.05. The summed E-state index contributed by atoms with van der Waals surface area (Å²) in [5.74, 6) is 5.05. The third-order valence-corrected chi connectivity index (χ3v) is 1.19. The Kier molecular flexibility index (Phi) is 4.40. The number of hydrogen-bond acceptors (Lipinski definition) is 4. The van der Waals surface area contributed by atoms with Crippen molar-refractivity contribution in [2.75, 3.05) is 0 Å². The van der Waals surface area contributed by atoms with Crippen LogP contribution < -0.4 is 11.3 Å². The molecule has 3 N–H and O–H groups in total. The van der Waals surface area contributed by atoms with E-state index in [1.807, 2.05) is 0 Å². The number of hydrazine groups is 1. The van der Waals surface area contributed by atoms with Gasteiger partial charge >= 0.3 is 0 Å². The Balaban J connectivity index is 4.86. The molecule has 5 heteroatoms. The van der Waals surface area contributed by atoms with Crippen LogP contribution in [0.3, 0.4) is 0 Å². The summed E-state index contributed by atoms with van der Waals surface area (Å²) in [6, 6.07) is 0. The van der Waals surface area contributed by atoms with E-state index in [0.717, 1.165) is 0 Å². The number of nitrogens with two attached hydrogens (primary N) is 1. The fraction of sp³-hybridized carbons (Fsp3) is 0.143. The predicted molar refractivity (Wildman–Crippen MR) is 46.4 cm³/mol. The SMILES string of the molecule is C=C/C=C(\C(=C/C)NN)[N+](=O)[O-]. The van der Waals surface area contributed by atoms with Gasteiger partial charge in [-0.1, -0.05) is 18.7 Å². The molecule has 0 aliphatic heterocycles. The lowest BCUT2D eigenvalue weighted by atomic mass is 10.3. The summed E-state index contributed by atoms with van der Waals surface area (Å²) in [7, 11) is 0. The molecule has 0 atom stereocenters. The molecule has 5 nitrogen and oxygen atoms in total. The van der Waals surface area contributed by atoms with Crippen LogP contribution in [0.2, 0.25) is 0 Å². The first kappa shape index (κ1) is 10.4. The summed E-state index contributed by atoms with van der Waals surface area (Å²) in [6.45, 7) is 5.01. The van der Waals surface area contributed by atoms with E-state index in [-0.39, 0.29) is 11.4 Å². The average molecular weight is 169 g/mol.